The van der Waals surface area contributed by atoms with Crippen LogP contribution in [0.15, 0.2) is 30.3 Å². The topological polar surface area (TPSA) is 19.4 Å². The maximum atomic E-state index is 4.74. The monoisotopic (exact) mass is 241 g/mol. The third kappa shape index (κ3) is 1.80. The Morgan fingerprint density at radius 1 is 1.06 bits per heavy atom. The third-order valence-electron chi connectivity index (χ3n) is 3.81. The molecule has 1 aliphatic heterocycles. The van der Waals surface area contributed by atoms with Gasteiger partial charge in [0.05, 0.1) is 11.7 Å². The van der Waals surface area contributed by atoms with Gasteiger partial charge in [-0.1, -0.05) is 24.3 Å². The molecule has 94 valence electrons. The summed E-state index contributed by atoms with van der Waals surface area (Å²) in [6.07, 6.45) is 0.350. The molecule has 2 aromatic rings. The standard InChI is InChI=1S/C15H19N3/c1-11-7-8-12-5-4-6-13(14(12)16-11)15-17(2)9-10-18(15)3/h4-8,15H,9-10H2,1-3H3. The van der Waals surface area contributed by atoms with Crippen molar-refractivity contribution in [3.63, 3.8) is 0 Å². The first-order valence-electron chi connectivity index (χ1n) is 6.43. The first-order chi connectivity index (χ1) is 8.66. The summed E-state index contributed by atoms with van der Waals surface area (Å²) in [5, 5.41) is 1.23. The summed E-state index contributed by atoms with van der Waals surface area (Å²) in [7, 11) is 4.37. The number of nitrogens with zero attached hydrogens (tertiary/aromatic N) is 3. The Labute approximate surface area is 108 Å². The summed E-state index contributed by atoms with van der Waals surface area (Å²) in [5.74, 6) is 0. The lowest BCUT2D eigenvalue weighted by Gasteiger charge is -2.26. The van der Waals surface area contributed by atoms with E-state index in [9.17, 15) is 0 Å². The number of aromatic nitrogens is 1. The van der Waals surface area contributed by atoms with Crippen LogP contribution in [-0.2, 0) is 0 Å². The van der Waals surface area contributed by atoms with Gasteiger partial charge in [0.15, 0.2) is 0 Å². The van der Waals surface area contributed by atoms with E-state index in [4.69, 9.17) is 4.98 Å². The number of fused-ring (bicyclic) bond motifs is 1. The van der Waals surface area contributed by atoms with E-state index < -0.39 is 0 Å². The van der Waals surface area contributed by atoms with Gasteiger partial charge in [0, 0.05) is 29.7 Å². The van der Waals surface area contributed by atoms with Crippen molar-refractivity contribution >= 4 is 10.9 Å². The summed E-state index contributed by atoms with van der Waals surface area (Å²) in [6.45, 7) is 4.28. The molecule has 0 spiro atoms. The minimum atomic E-state index is 0.350. The summed E-state index contributed by atoms with van der Waals surface area (Å²) < 4.78 is 0. The van der Waals surface area contributed by atoms with Gasteiger partial charge < -0.3 is 0 Å². The fourth-order valence-electron chi connectivity index (χ4n) is 2.85. The number of hydrogen-bond donors (Lipinski definition) is 0. The van der Waals surface area contributed by atoms with E-state index in [1.54, 1.807) is 0 Å². The first-order valence-corrected chi connectivity index (χ1v) is 6.43. The Bertz CT molecular complexity index is 569. The molecule has 1 aromatic heterocycles. The van der Waals surface area contributed by atoms with Crippen molar-refractivity contribution in [3.05, 3.63) is 41.6 Å². The smallest absolute Gasteiger partial charge is 0.0903 e. The van der Waals surface area contributed by atoms with Crippen LogP contribution in [0, 0.1) is 6.92 Å². The Kier molecular flexibility index (Phi) is 2.80. The molecular weight excluding hydrogens is 222 g/mol. The van der Waals surface area contributed by atoms with E-state index in [1.165, 1.54) is 10.9 Å². The number of likely N-dealkylation sites (N-methyl/N-ethyl adjacent to an activating group) is 2. The van der Waals surface area contributed by atoms with Crippen LogP contribution in [0.4, 0.5) is 0 Å². The average Bonchev–Trinajstić information content (AvgIpc) is 2.68. The van der Waals surface area contributed by atoms with Crippen LogP contribution >= 0.6 is 0 Å². The first kappa shape index (κ1) is 11.6. The van der Waals surface area contributed by atoms with Crippen LogP contribution in [0.2, 0.25) is 0 Å². The molecule has 0 unspecified atom stereocenters. The lowest BCUT2D eigenvalue weighted by atomic mass is 10.1. The Morgan fingerprint density at radius 2 is 1.78 bits per heavy atom. The highest BCUT2D eigenvalue weighted by Gasteiger charge is 2.29. The van der Waals surface area contributed by atoms with Gasteiger partial charge in [-0.25, -0.2) is 0 Å². The highest BCUT2D eigenvalue weighted by atomic mass is 15.4. The van der Waals surface area contributed by atoms with E-state index in [1.807, 2.05) is 0 Å². The van der Waals surface area contributed by atoms with Gasteiger partial charge in [-0.05, 0) is 27.1 Å². The summed E-state index contributed by atoms with van der Waals surface area (Å²) >= 11 is 0. The quantitative estimate of drug-likeness (QED) is 0.764. The van der Waals surface area contributed by atoms with Gasteiger partial charge in [0.2, 0.25) is 0 Å². The predicted molar refractivity (Wildman–Crippen MR) is 74.5 cm³/mol. The van der Waals surface area contributed by atoms with E-state index in [0.717, 1.165) is 24.3 Å². The molecule has 0 amide bonds. The van der Waals surface area contributed by atoms with Crippen LogP contribution in [0.25, 0.3) is 10.9 Å². The predicted octanol–water partition coefficient (Wildman–Crippen LogP) is 2.42. The third-order valence-corrected chi connectivity index (χ3v) is 3.81. The van der Waals surface area contributed by atoms with Crippen molar-refractivity contribution in [2.45, 2.75) is 13.1 Å². The molecule has 0 atom stereocenters. The van der Waals surface area contributed by atoms with Crippen molar-refractivity contribution in [2.75, 3.05) is 27.2 Å². The second-order valence-electron chi connectivity index (χ2n) is 5.21. The van der Waals surface area contributed by atoms with Crippen LogP contribution < -0.4 is 0 Å². The van der Waals surface area contributed by atoms with Gasteiger partial charge in [-0.15, -0.1) is 0 Å². The van der Waals surface area contributed by atoms with Gasteiger partial charge in [-0.2, -0.15) is 0 Å². The lowest BCUT2D eigenvalue weighted by molar-refractivity contribution is 0.192. The van der Waals surface area contributed by atoms with Crippen LogP contribution in [0.5, 0.6) is 0 Å². The fourth-order valence-corrected chi connectivity index (χ4v) is 2.85. The number of para-hydroxylation sites is 1. The lowest BCUT2D eigenvalue weighted by Crippen LogP contribution is -2.26. The summed E-state index contributed by atoms with van der Waals surface area (Å²) in [6, 6.07) is 10.7. The van der Waals surface area contributed by atoms with Crippen LogP contribution in [0.3, 0.4) is 0 Å². The molecule has 2 heterocycles. The maximum absolute atomic E-state index is 4.74. The molecule has 3 heteroatoms. The highest BCUT2D eigenvalue weighted by molar-refractivity contribution is 5.82. The molecule has 1 saturated heterocycles. The zero-order valence-electron chi connectivity index (χ0n) is 11.2. The number of pyridine rings is 1. The number of aryl methyl sites for hydroxylation is 1. The van der Waals surface area contributed by atoms with Gasteiger partial charge in [0.1, 0.15) is 0 Å². The molecule has 18 heavy (non-hydrogen) atoms. The average molecular weight is 241 g/mol. The number of hydrogen-bond acceptors (Lipinski definition) is 3. The molecule has 0 N–H and O–H groups in total. The van der Waals surface area contributed by atoms with Crippen molar-refractivity contribution < 1.29 is 0 Å². The molecule has 0 aliphatic carbocycles. The van der Waals surface area contributed by atoms with Crippen molar-refractivity contribution in [1.82, 2.24) is 14.8 Å². The summed E-state index contributed by atoms with van der Waals surface area (Å²) in [5.41, 5.74) is 3.54. The molecule has 1 aliphatic rings. The van der Waals surface area contributed by atoms with Crippen LogP contribution in [-0.4, -0.2) is 42.0 Å². The summed E-state index contributed by atoms with van der Waals surface area (Å²) in [4.78, 5) is 9.51. The molecule has 3 rings (SSSR count). The van der Waals surface area contributed by atoms with Crippen molar-refractivity contribution in [2.24, 2.45) is 0 Å². The normalized spacial score (nSPS) is 18.8. The molecule has 1 aromatic carbocycles. The maximum Gasteiger partial charge on any atom is 0.0903 e. The fraction of sp³-hybridized carbons (Fsp3) is 0.400. The number of benzene rings is 1. The second-order valence-corrected chi connectivity index (χ2v) is 5.21. The minimum Gasteiger partial charge on any atom is -0.286 e. The van der Waals surface area contributed by atoms with Crippen molar-refractivity contribution in [1.29, 1.82) is 0 Å². The van der Waals surface area contributed by atoms with E-state index in [0.29, 0.717) is 6.17 Å². The van der Waals surface area contributed by atoms with Gasteiger partial charge in [-0.3, -0.25) is 14.8 Å². The van der Waals surface area contributed by atoms with E-state index in [2.05, 4.69) is 61.2 Å². The SMILES string of the molecule is Cc1ccc2cccc(C3N(C)CCN3C)c2n1. The van der Waals surface area contributed by atoms with E-state index >= 15 is 0 Å². The molecular formula is C15H19N3. The second kappa shape index (κ2) is 4.34. The molecule has 0 radical (unpaired) electrons. The number of rotatable bonds is 1. The molecule has 0 bridgehead atoms. The minimum absolute atomic E-state index is 0.350. The molecule has 1 fully saturated rings. The molecule has 3 nitrogen and oxygen atoms in total. The van der Waals surface area contributed by atoms with Gasteiger partial charge >= 0.3 is 0 Å². The van der Waals surface area contributed by atoms with Gasteiger partial charge in [0.25, 0.3) is 0 Å². The van der Waals surface area contributed by atoms with E-state index in [-0.39, 0.29) is 0 Å². The Morgan fingerprint density at radius 3 is 2.50 bits per heavy atom. The largest absolute Gasteiger partial charge is 0.286 e. The highest BCUT2D eigenvalue weighted by Crippen LogP contribution is 2.31. The Hall–Kier alpha value is -1.45. The molecule has 0 saturated carbocycles. The zero-order valence-corrected chi connectivity index (χ0v) is 11.2. The van der Waals surface area contributed by atoms with Crippen molar-refractivity contribution in [3.8, 4) is 0 Å². The Balaban J connectivity index is 2.19. The zero-order chi connectivity index (χ0) is 12.7. The van der Waals surface area contributed by atoms with Crippen LogP contribution in [0.1, 0.15) is 17.4 Å².